The minimum atomic E-state index is -0.472. The number of aryl methyl sites for hydroxylation is 1. The highest BCUT2D eigenvalue weighted by Gasteiger charge is 2.24. The third kappa shape index (κ3) is 4.38. The summed E-state index contributed by atoms with van der Waals surface area (Å²) in [6.45, 7) is 3.01. The summed E-state index contributed by atoms with van der Waals surface area (Å²) in [4.78, 5) is 46.5. The van der Waals surface area contributed by atoms with Crippen molar-refractivity contribution in [3.8, 4) is 0 Å². The number of carbonyl (C=O) groups excluding carboxylic acids is 2. The number of amides is 2. The fraction of sp³-hybridized carbons (Fsp3) is 0.500. The van der Waals surface area contributed by atoms with E-state index in [0.29, 0.717) is 42.9 Å². The summed E-state index contributed by atoms with van der Waals surface area (Å²) in [7, 11) is 1.69. The molecule has 10 nitrogen and oxygen atoms in total. The second-order valence-electron chi connectivity index (χ2n) is 6.54. The van der Waals surface area contributed by atoms with Crippen molar-refractivity contribution in [2.24, 2.45) is 7.05 Å². The van der Waals surface area contributed by atoms with Crippen molar-refractivity contribution in [1.29, 1.82) is 0 Å². The lowest BCUT2D eigenvalue weighted by molar-refractivity contribution is -0.141. The van der Waals surface area contributed by atoms with Crippen LogP contribution in [0.3, 0.4) is 0 Å². The summed E-state index contributed by atoms with van der Waals surface area (Å²) >= 11 is 0. The third-order valence-electron chi connectivity index (χ3n) is 4.63. The van der Waals surface area contributed by atoms with Crippen LogP contribution in [0, 0.1) is 0 Å². The first-order valence-electron chi connectivity index (χ1n) is 9.26. The zero-order valence-electron chi connectivity index (χ0n) is 16.0. The highest BCUT2D eigenvalue weighted by Crippen LogP contribution is 2.17. The summed E-state index contributed by atoms with van der Waals surface area (Å²) in [5, 5.41) is 5.33. The van der Waals surface area contributed by atoms with E-state index in [1.807, 2.05) is 11.0 Å². The Bertz CT molecular complexity index is 920. The van der Waals surface area contributed by atoms with Gasteiger partial charge in [-0.15, -0.1) is 0 Å². The molecule has 2 aromatic rings. The van der Waals surface area contributed by atoms with E-state index in [4.69, 9.17) is 4.74 Å². The molecule has 150 valence electrons. The lowest BCUT2D eigenvalue weighted by Gasteiger charge is -2.32. The van der Waals surface area contributed by atoms with Gasteiger partial charge in [-0.25, -0.2) is 14.8 Å². The van der Waals surface area contributed by atoms with Crippen LogP contribution < -0.4 is 21.1 Å². The van der Waals surface area contributed by atoms with Gasteiger partial charge in [0.2, 0.25) is 0 Å². The molecule has 0 atom stereocenters. The Morgan fingerprint density at radius 3 is 2.79 bits per heavy atom. The highest BCUT2D eigenvalue weighted by atomic mass is 16.5. The molecule has 0 aliphatic carbocycles. The van der Waals surface area contributed by atoms with Crippen LogP contribution in [0.2, 0.25) is 0 Å². The Balaban J connectivity index is 1.58. The van der Waals surface area contributed by atoms with Crippen LogP contribution in [0.15, 0.2) is 23.1 Å². The molecular weight excluding hydrogens is 364 g/mol. The van der Waals surface area contributed by atoms with Gasteiger partial charge in [0.1, 0.15) is 12.1 Å². The van der Waals surface area contributed by atoms with E-state index >= 15 is 0 Å². The molecule has 2 aromatic heterocycles. The zero-order chi connectivity index (χ0) is 20.1. The van der Waals surface area contributed by atoms with Crippen LogP contribution in [-0.2, 0) is 16.6 Å². The lowest BCUT2D eigenvalue weighted by atomic mass is 10.1. The number of hydrogen-bond donors (Lipinski definition) is 2. The standard InChI is InChI=1S/C18H24N6O4/c1-3-28-14(25)11-20-18(27)21-12-6-9-24(10-7-12)16-17(26)23(2)15-13(22-16)5-4-8-19-15/h4-5,8,12H,3,6-7,9-11H2,1-2H3,(H2,20,21,27). The number of nitrogens with one attached hydrogen (secondary N) is 2. The van der Waals surface area contributed by atoms with Crippen LogP contribution >= 0.6 is 0 Å². The van der Waals surface area contributed by atoms with E-state index in [-0.39, 0.29) is 24.8 Å². The van der Waals surface area contributed by atoms with Crippen molar-refractivity contribution < 1.29 is 14.3 Å². The molecule has 0 saturated carbocycles. The van der Waals surface area contributed by atoms with E-state index in [1.54, 1.807) is 26.2 Å². The van der Waals surface area contributed by atoms with Crippen LogP contribution in [0.25, 0.3) is 11.2 Å². The van der Waals surface area contributed by atoms with Crippen molar-refractivity contribution in [2.75, 3.05) is 31.1 Å². The molecule has 1 aliphatic rings. The minimum absolute atomic E-state index is 0.0376. The first-order valence-corrected chi connectivity index (χ1v) is 9.26. The number of pyridine rings is 1. The maximum atomic E-state index is 12.6. The van der Waals surface area contributed by atoms with Crippen LogP contribution in [0.1, 0.15) is 19.8 Å². The van der Waals surface area contributed by atoms with Crippen molar-refractivity contribution in [1.82, 2.24) is 25.2 Å². The van der Waals surface area contributed by atoms with Crippen molar-refractivity contribution in [3.05, 3.63) is 28.7 Å². The Hall–Kier alpha value is -3.17. The minimum Gasteiger partial charge on any atom is -0.465 e. The molecule has 0 bridgehead atoms. The largest absolute Gasteiger partial charge is 0.465 e. The maximum Gasteiger partial charge on any atom is 0.325 e. The number of rotatable bonds is 5. The van der Waals surface area contributed by atoms with Gasteiger partial charge in [-0.2, -0.15) is 0 Å². The quantitative estimate of drug-likeness (QED) is 0.701. The predicted octanol–water partition coefficient (Wildman–Crippen LogP) is 0.160. The molecule has 2 N–H and O–H groups in total. The van der Waals surface area contributed by atoms with Crippen LogP contribution in [-0.4, -0.2) is 58.8 Å². The summed E-state index contributed by atoms with van der Waals surface area (Å²) in [6, 6.07) is 3.17. The van der Waals surface area contributed by atoms with Crippen molar-refractivity contribution in [2.45, 2.75) is 25.8 Å². The first kappa shape index (κ1) is 19.6. The average Bonchev–Trinajstić information content (AvgIpc) is 2.70. The van der Waals surface area contributed by atoms with Crippen molar-refractivity contribution in [3.63, 3.8) is 0 Å². The number of fused-ring (bicyclic) bond motifs is 1. The lowest BCUT2D eigenvalue weighted by Crippen LogP contribution is -2.49. The van der Waals surface area contributed by atoms with E-state index in [9.17, 15) is 14.4 Å². The molecule has 0 spiro atoms. The van der Waals surface area contributed by atoms with Gasteiger partial charge in [-0.1, -0.05) is 0 Å². The van der Waals surface area contributed by atoms with Gasteiger partial charge in [0.05, 0.1) is 6.61 Å². The Morgan fingerprint density at radius 1 is 1.32 bits per heavy atom. The maximum absolute atomic E-state index is 12.6. The summed E-state index contributed by atoms with van der Waals surface area (Å²) < 4.78 is 6.27. The number of nitrogens with zero attached hydrogens (tertiary/aromatic N) is 4. The van der Waals surface area contributed by atoms with Gasteiger partial charge in [-0.05, 0) is 31.9 Å². The summed E-state index contributed by atoms with van der Waals surface area (Å²) in [5.41, 5.74) is 1.02. The molecular formula is C18H24N6O4. The molecule has 28 heavy (non-hydrogen) atoms. The van der Waals surface area contributed by atoms with Gasteiger partial charge in [0.25, 0.3) is 5.56 Å². The topological polar surface area (TPSA) is 118 Å². The fourth-order valence-corrected chi connectivity index (χ4v) is 3.18. The number of ether oxygens (including phenoxy) is 1. The van der Waals surface area contributed by atoms with E-state index < -0.39 is 12.0 Å². The molecule has 0 radical (unpaired) electrons. The third-order valence-corrected chi connectivity index (χ3v) is 4.63. The SMILES string of the molecule is CCOC(=O)CNC(=O)NC1CCN(c2nc3cccnc3n(C)c2=O)CC1. The predicted molar refractivity (Wildman–Crippen MR) is 103 cm³/mol. The molecule has 3 rings (SSSR count). The van der Waals surface area contributed by atoms with Gasteiger partial charge >= 0.3 is 12.0 Å². The molecule has 10 heteroatoms. The second kappa shape index (κ2) is 8.68. The number of anilines is 1. The summed E-state index contributed by atoms with van der Waals surface area (Å²) in [6.07, 6.45) is 2.97. The Morgan fingerprint density at radius 2 is 2.07 bits per heavy atom. The van der Waals surface area contributed by atoms with Crippen LogP contribution in [0.5, 0.6) is 0 Å². The van der Waals surface area contributed by atoms with Crippen LogP contribution in [0.4, 0.5) is 10.6 Å². The molecule has 2 amide bonds. The van der Waals surface area contributed by atoms with Gasteiger partial charge in [-0.3, -0.25) is 14.2 Å². The van der Waals surface area contributed by atoms with Gasteiger partial charge in [0.15, 0.2) is 11.5 Å². The number of aromatic nitrogens is 3. The molecule has 0 unspecified atom stereocenters. The number of hydrogen-bond acceptors (Lipinski definition) is 7. The first-order chi connectivity index (χ1) is 13.5. The Labute approximate surface area is 161 Å². The molecule has 1 saturated heterocycles. The van der Waals surface area contributed by atoms with E-state index in [0.717, 1.165) is 0 Å². The summed E-state index contributed by atoms with van der Waals surface area (Å²) in [5.74, 6) is -0.0756. The van der Waals surface area contributed by atoms with E-state index in [2.05, 4.69) is 20.6 Å². The monoisotopic (exact) mass is 388 g/mol. The number of urea groups is 1. The molecule has 1 aliphatic heterocycles. The average molecular weight is 388 g/mol. The van der Waals surface area contributed by atoms with E-state index in [1.165, 1.54) is 4.57 Å². The van der Waals surface area contributed by atoms with Crippen molar-refractivity contribution >= 4 is 29.0 Å². The molecule has 0 aromatic carbocycles. The smallest absolute Gasteiger partial charge is 0.325 e. The molecule has 1 fully saturated rings. The van der Waals surface area contributed by atoms with Gasteiger partial charge in [0, 0.05) is 32.4 Å². The number of piperidine rings is 1. The second-order valence-corrected chi connectivity index (χ2v) is 6.54. The molecule has 3 heterocycles. The zero-order valence-corrected chi connectivity index (χ0v) is 16.0. The number of esters is 1. The number of carbonyl (C=O) groups is 2. The Kier molecular flexibility index (Phi) is 6.07. The fourth-order valence-electron chi connectivity index (χ4n) is 3.18. The highest BCUT2D eigenvalue weighted by molar-refractivity contribution is 5.80. The normalized spacial score (nSPS) is 14.7. The van der Waals surface area contributed by atoms with Gasteiger partial charge < -0.3 is 20.3 Å².